The van der Waals surface area contributed by atoms with Crippen LogP contribution in [0.25, 0.3) is 0 Å². The molecule has 1 aliphatic rings. The Hall–Kier alpha value is -2.80. The largest absolute Gasteiger partial charge is 0.331 e. The molecular formula is C21H27N5O5S2. The molecule has 0 aliphatic carbocycles. The van der Waals surface area contributed by atoms with Gasteiger partial charge < -0.3 is 15.1 Å². The van der Waals surface area contributed by atoms with E-state index in [4.69, 9.17) is 0 Å². The Morgan fingerprint density at radius 2 is 1.67 bits per heavy atom. The summed E-state index contributed by atoms with van der Waals surface area (Å²) in [5.41, 5.74) is 1.36. The first-order valence-electron chi connectivity index (χ1n) is 10.1. The van der Waals surface area contributed by atoms with Crippen LogP contribution in [-0.4, -0.2) is 82.2 Å². The van der Waals surface area contributed by atoms with E-state index in [9.17, 15) is 22.8 Å². The highest BCUT2D eigenvalue weighted by Crippen LogP contribution is 2.37. The maximum atomic E-state index is 12.9. The molecule has 0 fully saturated rings. The second kappa shape index (κ2) is 9.59. The normalized spacial score (nSPS) is 14.0. The molecule has 12 heteroatoms. The number of rotatable bonds is 5. The molecule has 0 saturated carbocycles. The predicted molar refractivity (Wildman–Crippen MR) is 126 cm³/mol. The standard InChI is InChI=1S/C21H27N5O5S2/c1-24(2)21(29)23-19(28)17-15-10-11-26(5)12-16(15)32-20(17)22-18(27)13-6-8-14(9-7-13)33(30,31)25(3)4/h6-9H,10-12H2,1-5H3,(H,22,27)(H,23,28,29). The van der Waals surface area contributed by atoms with E-state index in [2.05, 4.69) is 15.5 Å². The Kier molecular flexibility index (Phi) is 7.22. The van der Waals surface area contributed by atoms with Crippen molar-refractivity contribution in [1.29, 1.82) is 0 Å². The molecule has 4 amide bonds. The molecule has 1 aromatic carbocycles. The summed E-state index contributed by atoms with van der Waals surface area (Å²) in [7, 11) is 4.28. The van der Waals surface area contributed by atoms with E-state index in [1.807, 2.05) is 7.05 Å². The van der Waals surface area contributed by atoms with E-state index < -0.39 is 27.9 Å². The first kappa shape index (κ1) is 24.8. The van der Waals surface area contributed by atoms with Gasteiger partial charge in [-0.1, -0.05) is 0 Å². The molecule has 3 rings (SSSR count). The summed E-state index contributed by atoms with van der Waals surface area (Å²) in [6, 6.07) is 5.01. The number of nitrogens with one attached hydrogen (secondary N) is 2. The van der Waals surface area contributed by atoms with Gasteiger partial charge in [0.15, 0.2) is 0 Å². The monoisotopic (exact) mass is 493 g/mol. The minimum Gasteiger partial charge on any atom is -0.331 e. The Balaban J connectivity index is 1.90. The molecule has 1 aromatic heterocycles. The van der Waals surface area contributed by atoms with Crippen LogP contribution in [0.3, 0.4) is 0 Å². The summed E-state index contributed by atoms with van der Waals surface area (Å²) in [6.45, 7) is 1.38. The summed E-state index contributed by atoms with van der Waals surface area (Å²) < 4.78 is 25.6. The molecule has 33 heavy (non-hydrogen) atoms. The third-order valence-corrected chi connectivity index (χ3v) is 8.19. The number of hydrogen-bond acceptors (Lipinski definition) is 7. The second-order valence-electron chi connectivity index (χ2n) is 8.12. The van der Waals surface area contributed by atoms with Crippen molar-refractivity contribution in [3.63, 3.8) is 0 Å². The van der Waals surface area contributed by atoms with Crippen LogP contribution in [0.2, 0.25) is 0 Å². The van der Waals surface area contributed by atoms with E-state index in [0.717, 1.165) is 21.3 Å². The molecular weight excluding hydrogens is 466 g/mol. The first-order chi connectivity index (χ1) is 15.4. The van der Waals surface area contributed by atoms with Crippen molar-refractivity contribution in [2.75, 3.05) is 47.1 Å². The number of carbonyl (C=O) groups is 3. The van der Waals surface area contributed by atoms with E-state index in [1.165, 1.54) is 68.7 Å². The minimum absolute atomic E-state index is 0.0703. The minimum atomic E-state index is -3.61. The number of amides is 4. The van der Waals surface area contributed by atoms with Gasteiger partial charge in [-0.15, -0.1) is 11.3 Å². The SMILES string of the molecule is CN1CCc2c(sc(NC(=O)c3ccc(S(=O)(=O)N(C)C)cc3)c2C(=O)NC(=O)N(C)C)C1. The van der Waals surface area contributed by atoms with Crippen LogP contribution >= 0.6 is 11.3 Å². The van der Waals surface area contributed by atoms with Crippen molar-refractivity contribution in [2.24, 2.45) is 0 Å². The average Bonchev–Trinajstić information content (AvgIpc) is 3.10. The third-order valence-electron chi connectivity index (χ3n) is 5.22. The third kappa shape index (κ3) is 5.24. The quantitative estimate of drug-likeness (QED) is 0.654. The van der Waals surface area contributed by atoms with Crippen LogP contribution in [-0.2, 0) is 23.0 Å². The van der Waals surface area contributed by atoms with E-state index in [1.54, 1.807) is 0 Å². The van der Waals surface area contributed by atoms with Crippen LogP contribution in [0.15, 0.2) is 29.2 Å². The van der Waals surface area contributed by atoms with Crippen molar-refractivity contribution in [2.45, 2.75) is 17.9 Å². The molecule has 0 spiro atoms. The number of nitrogens with zero attached hydrogens (tertiary/aromatic N) is 3. The molecule has 178 valence electrons. The molecule has 0 saturated heterocycles. The van der Waals surface area contributed by atoms with Crippen LogP contribution in [0.4, 0.5) is 9.80 Å². The summed E-state index contributed by atoms with van der Waals surface area (Å²) >= 11 is 1.30. The first-order valence-corrected chi connectivity index (χ1v) is 12.4. The maximum Gasteiger partial charge on any atom is 0.323 e. The van der Waals surface area contributed by atoms with E-state index >= 15 is 0 Å². The Labute approximate surface area is 197 Å². The van der Waals surface area contributed by atoms with E-state index in [-0.39, 0.29) is 10.5 Å². The van der Waals surface area contributed by atoms with Gasteiger partial charge in [0.25, 0.3) is 11.8 Å². The van der Waals surface area contributed by atoms with Gasteiger partial charge in [-0.2, -0.15) is 0 Å². The van der Waals surface area contributed by atoms with Crippen LogP contribution in [0.1, 0.15) is 31.2 Å². The highest BCUT2D eigenvalue weighted by atomic mass is 32.2. The number of thiophene rings is 1. The summed E-state index contributed by atoms with van der Waals surface area (Å²) in [4.78, 5) is 42.3. The molecule has 2 aromatic rings. The van der Waals surface area contributed by atoms with Gasteiger partial charge in [0, 0.05) is 51.7 Å². The topological polar surface area (TPSA) is 119 Å². The molecule has 0 bridgehead atoms. The lowest BCUT2D eigenvalue weighted by Crippen LogP contribution is -2.39. The Morgan fingerprint density at radius 3 is 2.24 bits per heavy atom. The molecule has 0 radical (unpaired) electrons. The van der Waals surface area contributed by atoms with Crippen LogP contribution < -0.4 is 10.6 Å². The number of urea groups is 1. The van der Waals surface area contributed by atoms with Gasteiger partial charge >= 0.3 is 6.03 Å². The predicted octanol–water partition coefficient (Wildman–Crippen LogP) is 1.65. The number of likely N-dealkylation sites (N-methyl/N-ethyl adjacent to an activating group) is 1. The number of benzene rings is 1. The molecule has 0 unspecified atom stereocenters. The van der Waals surface area contributed by atoms with Gasteiger partial charge in [0.05, 0.1) is 10.5 Å². The molecule has 10 nitrogen and oxygen atoms in total. The zero-order valence-electron chi connectivity index (χ0n) is 19.1. The van der Waals surface area contributed by atoms with Gasteiger partial charge in [-0.05, 0) is 43.3 Å². The molecule has 2 N–H and O–H groups in total. The van der Waals surface area contributed by atoms with Gasteiger partial charge in [-0.3, -0.25) is 14.9 Å². The van der Waals surface area contributed by atoms with Crippen molar-refractivity contribution in [3.05, 3.63) is 45.8 Å². The number of anilines is 1. The fourth-order valence-corrected chi connectivity index (χ4v) is 5.52. The summed E-state index contributed by atoms with van der Waals surface area (Å²) in [5, 5.41) is 5.48. The van der Waals surface area contributed by atoms with Gasteiger partial charge in [0.2, 0.25) is 10.0 Å². The smallest absolute Gasteiger partial charge is 0.323 e. The fraction of sp³-hybridized carbons (Fsp3) is 0.381. The van der Waals surface area contributed by atoms with Crippen LogP contribution in [0.5, 0.6) is 0 Å². The molecule has 2 heterocycles. The van der Waals surface area contributed by atoms with E-state index in [0.29, 0.717) is 23.5 Å². The number of carbonyl (C=O) groups excluding carboxylic acids is 3. The van der Waals surface area contributed by atoms with Crippen molar-refractivity contribution >= 4 is 44.2 Å². The van der Waals surface area contributed by atoms with Crippen LogP contribution in [0, 0.1) is 0 Å². The Morgan fingerprint density at radius 1 is 1.03 bits per heavy atom. The zero-order valence-corrected chi connectivity index (χ0v) is 20.8. The number of hydrogen-bond donors (Lipinski definition) is 2. The Bertz CT molecular complexity index is 1190. The summed E-state index contributed by atoms with van der Waals surface area (Å²) in [5.74, 6) is -1.05. The van der Waals surface area contributed by atoms with Crippen molar-refractivity contribution in [3.8, 4) is 0 Å². The highest BCUT2D eigenvalue weighted by Gasteiger charge is 2.29. The van der Waals surface area contributed by atoms with Gasteiger partial charge in [-0.25, -0.2) is 17.5 Å². The van der Waals surface area contributed by atoms with Gasteiger partial charge in [0.1, 0.15) is 5.00 Å². The lowest BCUT2D eigenvalue weighted by atomic mass is 10.0. The molecule has 1 aliphatic heterocycles. The number of fused-ring (bicyclic) bond motifs is 1. The second-order valence-corrected chi connectivity index (χ2v) is 11.4. The highest BCUT2D eigenvalue weighted by molar-refractivity contribution is 7.89. The fourth-order valence-electron chi connectivity index (χ4n) is 3.30. The zero-order chi connectivity index (χ0) is 24.5. The molecule has 0 atom stereocenters. The van der Waals surface area contributed by atoms with Crippen molar-refractivity contribution < 1.29 is 22.8 Å². The maximum absolute atomic E-state index is 12.9. The average molecular weight is 494 g/mol. The number of sulfonamides is 1. The summed E-state index contributed by atoms with van der Waals surface area (Å²) in [6.07, 6.45) is 0.619. The van der Waals surface area contributed by atoms with Crippen molar-refractivity contribution in [1.82, 2.24) is 19.4 Å². The lowest BCUT2D eigenvalue weighted by molar-refractivity contribution is 0.0956. The lowest BCUT2D eigenvalue weighted by Gasteiger charge is -2.22. The number of imide groups is 1.